The number of ether oxygens (including phenoxy) is 1. The summed E-state index contributed by atoms with van der Waals surface area (Å²) in [5.41, 5.74) is 1.37. The van der Waals surface area contributed by atoms with Gasteiger partial charge >= 0.3 is 0 Å². The maximum absolute atomic E-state index is 12.8. The van der Waals surface area contributed by atoms with Crippen LogP contribution in [0, 0.1) is 0 Å². The molecule has 2 amide bonds. The number of nitrogens with zero attached hydrogens (tertiary/aromatic N) is 1. The molecule has 3 rings (SSSR count). The molecule has 0 saturated carbocycles. The summed E-state index contributed by atoms with van der Waals surface area (Å²) in [7, 11) is 1.63. The van der Waals surface area contributed by atoms with Crippen LogP contribution in [0.2, 0.25) is 0 Å². The van der Waals surface area contributed by atoms with Crippen LogP contribution in [0.3, 0.4) is 0 Å². The number of carbonyl (C=O) groups is 2. The Morgan fingerprint density at radius 3 is 2.60 bits per heavy atom. The van der Waals surface area contributed by atoms with Crippen LogP contribution in [0.5, 0.6) is 5.75 Å². The molecular formula is C20H20N2O3. The highest BCUT2D eigenvalue weighted by Gasteiger charge is 2.27. The summed E-state index contributed by atoms with van der Waals surface area (Å²) in [6.07, 6.45) is 1.53. The van der Waals surface area contributed by atoms with Crippen LogP contribution < -0.4 is 10.1 Å². The molecule has 1 atom stereocenters. The summed E-state index contributed by atoms with van der Waals surface area (Å²) in [5.74, 6) is 0.323. The van der Waals surface area contributed by atoms with Gasteiger partial charge in [-0.25, -0.2) is 0 Å². The number of benzene rings is 2. The molecule has 2 aromatic carbocycles. The van der Waals surface area contributed by atoms with Gasteiger partial charge < -0.3 is 10.1 Å². The van der Waals surface area contributed by atoms with Crippen molar-refractivity contribution in [2.45, 2.75) is 19.8 Å². The lowest BCUT2D eigenvalue weighted by atomic mass is 9.96. The first-order valence-corrected chi connectivity index (χ1v) is 8.00. The fourth-order valence-electron chi connectivity index (χ4n) is 2.81. The average molecular weight is 336 g/mol. The van der Waals surface area contributed by atoms with Gasteiger partial charge in [-0.1, -0.05) is 30.8 Å². The van der Waals surface area contributed by atoms with Crippen LogP contribution in [0.4, 0.5) is 0 Å². The number of methoxy groups -OCH3 is 1. The molecule has 1 heterocycles. The van der Waals surface area contributed by atoms with E-state index < -0.39 is 0 Å². The van der Waals surface area contributed by atoms with Gasteiger partial charge in [0.15, 0.2) is 0 Å². The van der Waals surface area contributed by atoms with Gasteiger partial charge in [0.25, 0.3) is 5.91 Å². The van der Waals surface area contributed by atoms with Crippen molar-refractivity contribution in [3.05, 3.63) is 66.1 Å². The summed E-state index contributed by atoms with van der Waals surface area (Å²) < 4.78 is 5.24. The number of amides is 2. The summed E-state index contributed by atoms with van der Waals surface area (Å²) in [6, 6.07) is 11.7. The quantitative estimate of drug-likeness (QED) is 0.936. The first-order chi connectivity index (χ1) is 11.9. The molecule has 0 fully saturated rings. The maximum Gasteiger partial charge on any atom is 0.253 e. The molecular weight excluding hydrogens is 316 g/mol. The minimum Gasteiger partial charge on any atom is -0.497 e. The van der Waals surface area contributed by atoms with Crippen molar-refractivity contribution in [1.29, 1.82) is 0 Å². The smallest absolute Gasteiger partial charge is 0.253 e. The van der Waals surface area contributed by atoms with Gasteiger partial charge in [0.1, 0.15) is 11.6 Å². The molecule has 128 valence electrons. The van der Waals surface area contributed by atoms with Gasteiger partial charge in [0.2, 0.25) is 5.91 Å². The fraction of sp³-hybridized carbons (Fsp3) is 0.200. The Kier molecular flexibility index (Phi) is 4.31. The standard InChI is InChI=1S/C20H20N2O3/c1-12-11-22(14(3)21-19(12)23)20(24)13(2)15-5-6-17-10-18(25-4)8-7-16(17)9-15/h5-11,13H,3H2,1-2,4H3,(H,21,23). The minimum absolute atomic E-state index is 0.141. The number of fused-ring (bicyclic) bond motifs is 1. The van der Waals surface area contributed by atoms with E-state index in [-0.39, 0.29) is 23.6 Å². The zero-order valence-electron chi connectivity index (χ0n) is 14.5. The SMILES string of the molecule is C=C1NC(=O)C(C)=CN1C(=O)C(C)c1ccc2cc(OC)ccc2c1. The molecule has 0 radical (unpaired) electrons. The third-order valence-corrected chi connectivity index (χ3v) is 4.41. The largest absolute Gasteiger partial charge is 0.497 e. The molecule has 0 saturated heterocycles. The van der Waals surface area contributed by atoms with Gasteiger partial charge in [-0.2, -0.15) is 0 Å². The van der Waals surface area contributed by atoms with E-state index in [0.717, 1.165) is 22.1 Å². The molecule has 0 spiro atoms. The average Bonchev–Trinajstić information content (AvgIpc) is 2.62. The van der Waals surface area contributed by atoms with Gasteiger partial charge in [0.05, 0.1) is 13.0 Å². The molecule has 0 aliphatic carbocycles. The van der Waals surface area contributed by atoms with Crippen molar-refractivity contribution in [3.63, 3.8) is 0 Å². The topological polar surface area (TPSA) is 58.6 Å². The zero-order valence-corrected chi connectivity index (χ0v) is 14.5. The van der Waals surface area contributed by atoms with Crippen molar-refractivity contribution >= 4 is 22.6 Å². The second-order valence-electron chi connectivity index (χ2n) is 6.12. The van der Waals surface area contributed by atoms with Crippen molar-refractivity contribution in [3.8, 4) is 5.75 Å². The van der Waals surface area contributed by atoms with E-state index in [1.165, 1.54) is 11.1 Å². The Bertz CT molecular complexity index is 914. The van der Waals surface area contributed by atoms with Crippen LogP contribution in [0.1, 0.15) is 25.3 Å². The molecule has 1 N–H and O–H groups in total. The van der Waals surface area contributed by atoms with E-state index in [1.807, 2.05) is 43.3 Å². The van der Waals surface area contributed by atoms with E-state index in [4.69, 9.17) is 4.74 Å². The zero-order chi connectivity index (χ0) is 18.1. The van der Waals surface area contributed by atoms with Crippen LogP contribution in [0.15, 0.2) is 60.6 Å². The summed E-state index contributed by atoms with van der Waals surface area (Å²) in [4.78, 5) is 25.9. The molecule has 1 aliphatic heterocycles. The van der Waals surface area contributed by atoms with Crippen LogP contribution in [-0.2, 0) is 9.59 Å². The van der Waals surface area contributed by atoms with Gasteiger partial charge in [-0.15, -0.1) is 0 Å². The Hall–Kier alpha value is -3.08. The van der Waals surface area contributed by atoms with Crippen molar-refractivity contribution in [1.82, 2.24) is 10.2 Å². The predicted molar refractivity (Wildman–Crippen MR) is 96.8 cm³/mol. The van der Waals surface area contributed by atoms with Gasteiger partial charge in [-0.05, 0) is 42.3 Å². The normalized spacial score (nSPS) is 15.6. The van der Waals surface area contributed by atoms with E-state index in [9.17, 15) is 9.59 Å². The van der Waals surface area contributed by atoms with Crippen LogP contribution in [0.25, 0.3) is 10.8 Å². The highest BCUT2D eigenvalue weighted by molar-refractivity contribution is 5.98. The second kappa shape index (κ2) is 6.43. The molecule has 5 heteroatoms. The van der Waals surface area contributed by atoms with E-state index in [1.54, 1.807) is 14.0 Å². The van der Waals surface area contributed by atoms with Crippen molar-refractivity contribution < 1.29 is 14.3 Å². The summed E-state index contributed by atoms with van der Waals surface area (Å²) in [5, 5.41) is 4.68. The molecule has 0 aromatic heterocycles. The molecule has 1 unspecified atom stereocenters. The second-order valence-corrected chi connectivity index (χ2v) is 6.12. The highest BCUT2D eigenvalue weighted by Crippen LogP contribution is 2.27. The third-order valence-electron chi connectivity index (χ3n) is 4.41. The molecule has 0 bridgehead atoms. The predicted octanol–water partition coefficient (Wildman–Crippen LogP) is 3.29. The Labute approximate surface area is 146 Å². The lowest BCUT2D eigenvalue weighted by Gasteiger charge is -2.28. The summed E-state index contributed by atoms with van der Waals surface area (Å²) in [6.45, 7) is 7.27. The number of hydrogen-bond donors (Lipinski definition) is 1. The van der Waals surface area contributed by atoms with E-state index in [2.05, 4.69) is 11.9 Å². The van der Waals surface area contributed by atoms with E-state index >= 15 is 0 Å². The van der Waals surface area contributed by atoms with Crippen molar-refractivity contribution in [2.24, 2.45) is 0 Å². The number of carbonyl (C=O) groups excluding carboxylic acids is 2. The molecule has 2 aromatic rings. The lowest BCUT2D eigenvalue weighted by Crippen LogP contribution is -2.41. The minimum atomic E-state index is -0.373. The van der Waals surface area contributed by atoms with Crippen LogP contribution >= 0.6 is 0 Å². The van der Waals surface area contributed by atoms with Gasteiger partial charge in [-0.3, -0.25) is 14.5 Å². The Balaban J connectivity index is 1.91. The Morgan fingerprint density at radius 1 is 1.20 bits per heavy atom. The van der Waals surface area contributed by atoms with Crippen molar-refractivity contribution in [2.75, 3.05) is 7.11 Å². The molecule has 1 aliphatic rings. The highest BCUT2D eigenvalue weighted by atomic mass is 16.5. The number of hydrogen-bond acceptors (Lipinski definition) is 3. The fourth-order valence-corrected chi connectivity index (χ4v) is 2.81. The molecule has 5 nitrogen and oxygen atoms in total. The third kappa shape index (κ3) is 3.13. The van der Waals surface area contributed by atoms with Crippen LogP contribution in [-0.4, -0.2) is 23.8 Å². The monoisotopic (exact) mass is 336 g/mol. The summed E-state index contributed by atoms with van der Waals surface area (Å²) >= 11 is 0. The number of nitrogens with one attached hydrogen (secondary N) is 1. The van der Waals surface area contributed by atoms with Gasteiger partial charge in [0, 0.05) is 11.8 Å². The van der Waals surface area contributed by atoms with E-state index in [0.29, 0.717) is 5.57 Å². The Morgan fingerprint density at radius 2 is 1.88 bits per heavy atom. The number of rotatable bonds is 3. The lowest BCUT2D eigenvalue weighted by molar-refractivity contribution is -0.129. The first-order valence-electron chi connectivity index (χ1n) is 8.00. The first kappa shape index (κ1) is 16.8. The molecule has 25 heavy (non-hydrogen) atoms. The maximum atomic E-state index is 12.8.